The molecule has 1 amide bonds. The highest BCUT2D eigenvalue weighted by molar-refractivity contribution is 7.17. The third kappa shape index (κ3) is 5.23. The van der Waals surface area contributed by atoms with E-state index in [0.29, 0.717) is 52.0 Å². The predicted octanol–water partition coefficient (Wildman–Crippen LogP) is 4.81. The van der Waals surface area contributed by atoms with Gasteiger partial charge in [0.1, 0.15) is 39.6 Å². The normalized spacial score (nSPS) is 18.8. The van der Waals surface area contributed by atoms with Crippen LogP contribution < -0.4 is 5.32 Å². The number of rotatable bonds is 6. The van der Waals surface area contributed by atoms with E-state index in [2.05, 4.69) is 30.5 Å². The van der Waals surface area contributed by atoms with E-state index in [1.165, 1.54) is 25.7 Å². The minimum absolute atomic E-state index is 0.177. The van der Waals surface area contributed by atoms with Crippen molar-refractivity contribution < 1.29 is 23.5 Å². The van der Waals surface area contributed by atoms with E-state index in [0.717, 1.165) is 11.3 Å². The second-order valence-electron chi connectivity index (χ2n) is 9.25. The Morgan fingerprint density at radius 2 is 2.05 bits per heavy atom. The summed E-state index contributed by atoms with van der Waals surface area (Å²) >= 11 is 7.02. The van der Waals surface area contributed by atoms with Crippen molar-refractivity contribution in [2.75, 3.05) is 7.11 Å². The van der Waals surface area contributed by atoms with Gasteiger partial charge in [0.25, 0.3) is 5.91 Å². The number of hydrogen-bond donors (Lipinski definition) is 2. The molecule has 1 aliphatic rings. The van der Waals surface area contributed by atoms with Gasteiger partial charge in [0.15, 0.2) is 10.8 Å². The predicted molar refractivity (Wildman–Crippen MR) is 147 cm³/mol. The molecule has 1 aromatic carbocycles. The number of methoxy groups -OCH3 is 1. The number of H-pyrrole nitrogens is 1. The van der Waals surface area contributed by atoms with Crippen molar-refractivity contribution >= 4 is 46.0 Å². The highest BCUT2D eigenvalue weighted by Crippen LogP contribution is 2.39. The summed E-state index contributed by atoms with van der Waals surface area (Å²) in [5.41, 5.74) is 1.80. The van der Waals surface area contributed by atoms with Crippen molar-refractivity contribution in [1.29, 1.82) is 0 Å². The molecule has 4 aromatic heterocycles. The summed E-state index contributed by atoms with van der Waals surface area (Å²) in [6.45, 7) is 0. The maximum Gasteiger partial charge on any atom is 0.508 e. The van der Waals surface area contributed by atoms with Crippen LogP contribution in [0.15, 0.2) is 49.1 Å². The molecule has 4 heterocycles. The van der Waals surface area contributed by atoms with Gasteiger partial charge in [-0.25, -0.2) is 24.1 Å². The Hall–Kier alpha value is -4.43. The molecule has 3 atom stereocenters. The van der Waals surface area contributed by atoms with E-state index in [9.17, 15) is 9.59 Å². The standard InChI is InChI=1S/C26H22ClFN8O4S/c1-39-26(38)40-21-15(34-24(37)25-30-11-20(27)41-25)7-4-8-18(21)36-19-9-16(22-31-12-32-35-22)29-10-17(19)33-23(36)13-5-2-3-6-14(13)28/h2-3,5-6,9-12,15,18,21H,4,7-8H2,1H3,(H,34,37)(H,31,32,35)/t15-,18+,21+/m0/s1. The number of carbonyl (C=O) groups excluding carboxylic acids is 2. The zero-order chi connectivity index (χ0) is 28.5. The molecule has 210 valence electrons. The average Bonchev–Trinajstić information content (AvgIpc) is 3.74. The summed E-state index contributed by atoms with van der Waals surface area (Å²) in [5, 5.41) is 9.91. The molecule has 0 bridgehead atoms. The second kappa shape index (κ2) is 11.2. The Balaban J connectivity index is 1.49. The highest BCUT2D eigenvalue weighted by Gasteiger charge is 2.41. The number of hydrogen-bond acceptors (Lipinski definition) is 10. The van der Waals surface area contributed by atoms with Crippen molar-refractivity contribution in [3.8, 4) is 22.9 Å². The Labute approximate surface area is 240 Å². The Bertz CT molecular complexity index is 1730. The van der Waals surface area contributed by atoms with Crippen LogP contribution in [0.25, 0.3) is 33.9 Å². The summed E-state index contributed by atoms with van der Waals surface area (Å²) in [7, 11) is 1.21. The molecule has 1 saturated carbocycles. The van der Waals surface area contributed by atoms with Gasteiger partial charge in [-0.2, -0.15) is 5.10 Å². The molecule has 15 heteroatoms. The number of aromatic nitrogens is 7. The first kappa shape index (κ1) is 26.8. The topological polar surface area (TPSA) is 150 Å². The molecule has 0 radical (unpaired) electrons. The van der Waals surface area contributed by atoms with Crippen molar-refractivity contribution in [2.45, 2.75) is 37.5 Å². The summed E-state index contributed by atoms with van der Waals surface area (Å²) in [4.78, 5) is 43.0. The van der Waals surface area contributed by atoms with Crippen LogP contribution in [0.5, 0.6) is 0 Å². The van der Waals surface area contributed by atoms with Gasteiger partial charge in [0.05, 0.1) is 42.7 Å². The monoisotopic (exact) mass is 596 g/mol. The quantitative estimate of drug-likeness (QED) is 0.263. The fraction of sp³-hybridized carbons (Fsp3) is 0.269. The van der Waals surface area contributed by atoms with Crippen molar-refractivity contribution in [1.82, 2.24) is 40.0 Å². The minimum Gasteiger partial charge on any atom is -0.438 e. The van der Waals surface area contributed by atoms with E-state index >= 15 is 4.39 Å². The number of nitrogens with zero attached hydrogens (tertiary/aromatic N) is 6. The third-order valence-electron chi connectivity index (χ3n) is 6.84. The van der Waals surface area contributed by atoms with E-state index in [1.54, 1.807) is 30.5 Å². The number of aromatic amines is 1. The van der Waals surface area contributed by atoms with Crippen LogP contribution in [0.2, 0.25) is 4.34 Å². The van der Waals surface area contributed by atoms with Crippen molar-refractivity contribution in [3.63, 3.8) is 0 Å². The molecule has 12 nitrogen and oxygen atoms in total. The smallest absolute Gasteiger partial charge is 0.438 e. The van der Waals surface area contributed by atoms with Crippen LogP contribution in [-0.4, -0.2) is 66.0 Å². The zero-order valence-corrected chi connectivity index (χ0v) is 23.0. The maximum absolute atomic E-state index is 15.2. The number of thiazole rings is 1. The lowest BCUT2D eigenvalue weighted by Gasteiger charge is -2.38. The minimum atomic E-state index is -0.918. The Morgan fingerprint density at radius 3 is 2.78 bits per heavy atom. The molecule has 6 rings (SSSR count). The Morgan fingerprint density at radius 1 is 1.20 bits per heavy atom. The largest absolute Gasteiger partial charge is 0.508 e. The zero-order valence-electron chi connectivity index (χ0n) is 21.5. The van der Waals surface area contributed by atoms with Gasteiger partial charge in [0.2, 0.25) is 0 Å². The van der Waals surface area contributed by atoms with Gasteiger partial charge >= 0.3 is 6.16 Å². The van der Waals surface area contributed by atoms with Crippen LogP contribution >= 0.6 is 22.9 Å². The lowest BCUT2D eigenvalue weighted by Crippen LogP contribution is -2.51. The molecule has 0 unspecified atom stereocenters. The van der Waals surface area contributed by atoms with Crippen molar-refractivity contribution in [2.24, 2.45) is 0 Å². The average molecular weight is 597 g/mol. The number of amides is 1. The molecule has 0 spiro atoms. The van der Waals surface area contributed by atoms with Gasteiger partial charge in [-0.3, -0.25) is 14.9 Å². The van der Waals surface area contributed by atoms with Gasteiger partial charge in [-0.05, 0) is 37.5 Å². The number of ether oxygens (including phenoxy) is 2. The van der Waals surface area contributed by atoms with Crippen LogP contribution in [-0.2, 0) is 9.47 Å². The van der Waals surface area contributed by atoms with E-state index in [4.69, 9.17) is 26.1 Å². The first-order chi connectivity index (χ1) is 19.9. The highest BCUT2D eigenvalue weighted by atomic mass is 35.5. The first-order valence-corrected chi connectivity index (χ1v) is 13.8. The van der Waals surface area contributed by atoms with Gasteiger partial charge in [-0.1, -0.05) is 35.1 Å². The number of halogens is 2. The molecule has 1 fully saturated rings. The molecule has 0 aliphatic heterocycles. The summed E-state index contributed by atoms with van der Waals surface area (Å²) in [6.07, 6.45) is 4.27. The molecular weight excluding hydrogens is 575 g/mol. The first-order valence-electron chi connectivity index (χ1n) is 12.6. The molecule has 1 aliphatic carbocycles. The second-order valence-corrected chi connectivity index (χ2v) is 10.9. The third-order valence-corrected chi connectivity index (χ3v) is 7.96. The van der Waals surface area contributed by atoms with Crippen LogP contribution in [0.4, 0.5) is 9.18 Å². The molecule has 41 heavy (non-hydrogen) atoms. The fourth-order valence-corrected chi connectivity index (χ4v) is 5.92. The Kier molecular flexibility index (Phi) is 7.32. The number of benzene rings is 1. The number of pyridine rings is 1. The van der Waals surface area contributed by atoms with E-state index in [1.807, 2.05) is 4.57 Å². The number of imidazole rings is 1. The van der Waals surface area contributed by atoms with Crippen LogP contribution in [0.3, 0.4) is 0 Å². The van der Waals surface area contributed by atoms with Crippen molar-refractivity contribution in [3.05, 3.63) is 64.2 Å². The van der Waals surface area contributed by atoms with Crippen LogP contribution in [0, 0.1) is 5.82 Å². The van der Waals surface area contributed by atoms with Gasteiger partial charge in [0, 0.05) is 0 Å². The van der Waals surface area contributed by atoms with E-state index in [-0.39, 0.29) is 10.6 Å². The lowest BCUT2D eigenvalue weighted by atomic mass is 9.87. The summed E-state index contributed by atoms with van der Waals surface area (Å²) in [5.74, 6) is -0.246. The molecular formula is C26H22ClFN8O4S. The SMILES string of the molecule is COC(=O)O[C@@H]1[C@@H](NC(=O)c2ncc(Cl)s2)CCC[C@H]1n1c(-c2ccccc2F)nc2cnc(-c3nc[nH]n3)cc21. The van der Waals surface area contributed by atoms with Gasteiger partial charge in [-0.15, -0.1) is 0 Å². The lowest BCUT2D eigenvalue weighted by molar-refractivity contribution is -0.0145. The number of carbonyl (C=O) groups is 2. The maximum atomic E-state index is 15.2. The summed E-state index contributed by atoms with van der Waals surface area (Å²) < 4.78 is 28.0. The van der Waals surface area contributed by atoms with Gasteiger partial charge < -0.3 is 19.4 Å². The number of nitrogens with one attached hydrogen (secondary N) is 2. The van der Waals surface area contributed by atoms with Crippen LogP contribution in [0.1, 0.15) is 35.1 Å². The van der Waals surface area contributed by atoms with E-state index < -0.39 is 36.1 Å². The number of fused-ring (bicyclic) bond motifs is 1. The summed E-state index contributed by atoms with van der Waals surface area (Å²) in [6, 6.07) is 6.84. The molecule has 0 saturated heterocycles. The molecule has 2 N–H and O–H groups in total. The fourth-order valence-electron chi connectivity index (χ4n) is 5.10. The molecule has 5 aromatic rings.